The summed E-state index contributed by atoms with van der Waals surface area (Å²) in [6.07, 6.45) is 3.68. The maximum absolute atomic E-state index is 12.2. The van der Waals surface area contributed by atoms with Crippen LogP contribution in [0.2, 0.25) is 5.02 Å². The monoisotopic (exact) mass is 364 g/mol. The van der Waals surface area contributed by atoms with Gasteiger partial charge in [-0.3, -0.25) is 9.59 Å². The van der Waals surface area contributed by atoms with Crippen LogP contribution in [0, 0.1) is 5.92 Å². The van der Waals surface area contributed by atoms with E-state index in [1.54, 1.807) is 6.07 Å². The largest absolute Gasteiger partial charge is 0.366 e. The van der Waals surface area contributed by atoms with Crippen molar-refractivity contribution in [3.05, 3.63) is 28.8 Å². The van der Waals surface area contributed by atoms with Gasteiger partial charge in [-0.1, -0.05) is 11.6 Å². The molecule has 4 amide bonds. The Hall–Kier alpha value is -2.28. The van der Waals surface area contributed by atoms with E-state index in [4.69, 9.17) is 17.3 Å². The zero-order chi connectivity index (χ0) is 18.0. The molecule has 1 atom stereocenters. The first-order valence-corrected chi connectivity index (χ1v) is 8.77. The molecular weight excluding hydrogens is 344 g/mol. The molecule has 0 unspecified atom stereocenters. The maximum atomic E-state index is 12.2. The SMILES string of the molecule is NC(=O)c1ccc(NC(=O)N[C@@H]2CCCN(C(=O)C3CC3)C2)cc1Cl. The number of rotatable bonds is 4. The van der Waals surface area contributed by atoms with Crippen molar-refractivity contribution in [2.75, 3.05) is 18.4 Å². The first-order chi connectivity index (χ1) is 11.9. The lowest BCUT2D eigenvalue weighted by Gasteiger charge is -2.33. The molecule has 1 aromatic rings. The van der Waals surface area contributed by atoms with Gasteiger partial charge in [-0.2, -0.15) is 0 Å². The van der Waals surface area contributed by atoms with Gasteiger partial charge >= 0.3 is 6.03 Å². The number of carbonyl (C=O) groups excluding carboxylic acids is 3. The van der Waals surface area contributed by atoms with Gasteiger partial charge in [0.15, 0.2) is 0 Å². The van der Waals surface area contributed by atoms with Gasteiger partial charge in [0.25, 0.3) is 0 Å². The fourth-order valence-electron chi connectivity index (χ4n) is 3.03. The number of carbonyl (C=O) groups is 3. The molecule has 1 aliphatic carbocycles. The first-order valence-electron chi connectivity index (χ1n) is 8.39. The van der Waals surface area contributed by atoms with Crippen molar-refractivity contribution in [1.82, 2.24) is 10.2 Å². The molecule has 1 saturated heterocycles. The van der Waals surface area contributed by atoms with E-state index in [0.29, 0.717) is 12.2 Å². The van der Waals surface area contributed by atoms with Gasteiger partial charge in [0.1, 0.15) is 0 Å². The van der Waals surface area contributed by atoms with E-state index in [0.717, 1.165) is 32.2 Å². The maximum Gasteiger partial charge on any atom is 0.319 e. The van der Waals surface area contributed by atoms with Crippen LogP contribution in [0.3, 0.4) is 0 Å². The van der Waals surface area contributed by atoms with Crippen LogP contribution in [0.15, 0.2) is 18.2 Å². The van der Waals surface area contributed by atoms with E-state index >= 15 is 0 Å². The highest BCUT2D eigenvalue weighted by atomic mass is 35.5. The molecule has 25 heavy (non-hydrogen) atoms. The van der Waals surface area contributed by atoms with Gasteiger partial charge in [0, 0.05) is 30.7 Å². The Morgan fingerprint density at radius 2 is 1.96 bits per heavy atom. The van der Waals surface area contributed by atoms with Gasteiger partial charge in [-0.05, 0) is 43.9 Å². The summed E-state index contributed by atoms with van der Waals surface area (Å²) >= 11 is 5.97. The van der Waals surface area contributed by atoms with E-state index in [9.17, 15) is 14.4 Å². The molecular formula is C17H21ClN4O3. The van der Waals surface area contributed by atoms with Crippen molar-refractivity contribution in [3.63, 3.8) is 0 Å². The topological polar surface area (TPSA) is 105 Å². The predicted molar refractivity (Wildman–Crippen MR) is 94.5 cm³/mol. The van der Waals surface area contributed by atoms with Crippen molar-refractivity contribution in [2.24, 2.45) is 11.7 Å². The Labute approximate surface area is 150 Å². The average Bonchev–Trinajstić information content (AvgIpc) is 3.39. The molecule has 2 fully saturated rings. The highest BCUT2D eigenvalue weighted by molar-refractivity contribution is 6.34. The van der Waals surface area contributed by atoms with Crippen LogP contribution in [0.25, 0.3) is 0 Å². The van der Waals surface area contributed by atoms with Crippen molar-refractivity contribution >= 4 is 35.1 Å². The van der Waals surface area contributed by atoms with E-state index < -0.39 is 5.91 Å². The molecule has 4 N–H and O–H groups in total. The molecule has 0 radical (unpaired) electrons. The third-order valence-corrected chi connectivity index (χ3v) is 4.80. The lowest BCUT2D eigenvalue weighted by atomic mass is 10.1. The van der Waals surface area contributed by atoms with Crippen LogP contribution in [-0.4, -0.2) is 41.9 Å². The summed E-state index contributed by atoms with van der Waals surface area (Å²) in [6.45, 7) is 1.31. The number of urea groups is 1. The molecule has 7 nitrogen and oxygen atoms in total. The number of benzene rings is 1. The fraction of sp³-hybridized carbons (Fsp3) is 0.471. The van der Waals surface area contributed by atoms with Crippen molar-refractivity contribution in [1.29, 1.82) is 0 Å². The zero-order valence-electron chi connectivity index (χ0n) is 13.8. The summed E-state index contributed by atoms with van der Waals surface area (Å²) in [6, 6.07) is 4.07. The molecule has 2 aliphatic rings. The van der Waals surface area contributed by atoms with Gasteiger partial charge in [-0.15, -0.1) is 0 Å². The summed E-state index contributed by atoms with van der Waals surface area (Å²) in [7, 11) is 0. The number of primary amides is 1. The van der Waals surface area contributed by atoms with Crippen LogP contribution in [0.1, 0.15) is 36.0 Å². The Kier molecular flexibility index (Phi) is 5.13. The number of amides is 4. The average molecular weight is 365 g/mol. The number of anilines is 1. The minimum atomic E-state index is -0.622. The second-order valence-corrected chi connectivity index (χ2v) is 6.96. The molecule has 1 aliphatic heterocycles. The van der Waals surface area contributed by atoms with Gasteiger partial charge in [0.05, 0.1) is 10.6 Å². The molecule has 3 rings (SSSR count). The number of hydrogen-bond donors (Lipinski definition) is 3. The highest BCUT2D eigenvalue weighted by Crippen LogP contribution is 2.31. The zero-order valence-corrected chi connectivity index (χ0v) is 14.5. The van der Waals surface area contributed by atoms with Gasteiger partial charge < -0.3 is 21.3 Å². The second kappa shape index (κ2) is 7.31. The molecule has 1 saturated carbocycles. The summed E-state index contributed by atoms with van der Waals surface area (Å²) in [4.78, 5) is 37.3. The number of halogens is 1. The molecule has 0 spiro atoms. The number of nitrogens with two attached hydrogens (primary N) is 1. The van der Waals surface area contributed by atoms with Crippen LogP contribution in [-0.2, 0) is 4.79 Å². The standard InChI is InChI=1S/C17H21ClN4O3/c18-14-8-11(5-6-13(14)15(19)23)20-17(25)21-12-2-1-7-22(9-12)16(24)10-3-4-10/h5-6,8,10,12H,1-4,7,9H2,(H2,19,23)(H2,20,21,25)/t12-/m1/s1. The van der Waals surface area contributed by atoms with Crippen LogP contribution in [0.5, 0.6) is 0 Å². The smallest absolute Gasteiger partial charge is 0.319 e. The Morgan fingerprint density at radius 1 is 1.20 bits per heavy atom. The molecule has 1 heterocycles. The van der Waals surface area contributed by atoms with E-state index in [-0.39, 0.29) is 34.5 Å². The molecule has 0 bridgehead atoms. The summed E-state index contributed by atoms with van der Waals surface area (Å²) in [5.74, 6) is -0.220. The fourth-order valence-corrected chi connectivity index (χ4v) is 3.30. The van der Waals surface area contributed by atoms with Crippen LogP contribution >= 0.6 is 11.6 Å². The summed E-state index contributed by atoms with van der Waals surface area (Å²) in [5.41, 5.74) is 5.87. The predicted octanol–water partition coefficient (Wildman–Crippen LogP) is 1.96. The Balaban J connectivity index is 1.54. The highest BCUT2D eigenvalue weighted by Gasteiger charge is 2.35. The van der Waals surface area contributed by atoms with Crippen LogP contribution in [0.4, 0.5) is 10.5 Å². The van der Waals surface area contributed by atoms with Crippen molar-refractivity contribution < 1.29 is 14.4 Å². The number of nitrogens with zero attached hydrogens (tertiary/aromatic N) is 1. The number of piperidine rings is 1. The van der Waals surface area contributed by atoms with E-state index in [1.807, 2.05) is 4.90 Å². The van der Waals surface area contributed by atoms with Gasteiger partial charge in [-0.25, -0.2) is 4.79 Å². The third-order valence-electron chi connectivity index (χ3n) is 4.49. The molecule has 1 aromatic carbocycles. The van der Waals surface area contributed by atoms with Gasteiger partial charge in [0.2, 0.25) is 11.8 Å². The quantitative estimate of drug-likeness (QED) is 0.760. The molecule has 8 heteroatoms. The number of likely N-dealkylation sites (tertiary alicyclic amines) is 1. The van der Waals surface area contributed by atoms with E-state index in [2.05, 4.69) is 10.6 Å². The van der Waals surface area contributed by atoms with Crippen LogP contribution < -0.4 is 16.4 Å². The van der Waals surface area contributed by atoms with Crippen molar-refractivity contribution in [3.8, 4) is 0 Å². The normalized spacial score (nSPS) is 20.0. The number of nitrogens with one attached hydrogen (secondary N) is 2. The second-order valence-electron chi connectivity index (χ2n) is 6.56. The van der Waals surface area contributed by atoms with E-state index in [1.165, 1.54) is 12.1 Å². The lowest BCUT2D eigenvalue weighted by molar-refractivity contribution is -0.133. The third kappa shape index (κ3) is 4.42. The minimum Gasteiger partial charge on any atom is -0.366 e. The Morgan fingerprint density at radius 3 is 2.60 bits per heavy atom. The summed E-state index contributed by atoms with van der Waals surface area (Å²) in [5, 5.41) is 5.76. The molecule has 0 aromatic heterocycles. The minimum absolute atomic E-state index is 0.0724. The molecule has 134 valence electrons. The Bertz CT molecular complexity index is 705. The first kappa shape index (κ1) is 17.5. The lowest BCUT2D eigenvalue weighted by Crippen LogP contribution is -2.50. The summed E-state index contributed by atoms with van der Waals surface area (Å²) < 4.78 is 0. The number of hydrogen-bond acceptors (Lipinski definition) is 3. The van der Waals surface area contributed by atoms with Crippen molar-refractivity contribution in [2.45, 2.75) is 31.7 Å².